The summed E-state index contributed by atoms with van der Waals surface area (Å²) >= 11 is 0. The first kappa shape index (κ1) is 27.5. The summed E-state index contributed by atoms with van der Waals surface area (Å²) in [6.07, 6.45) is 0. The molecule has 1 aliphatic heterocycles. The maximum absolute atomic E-state index is 13.4. The number of hydrogen-bond acceptors (Lipinski definition) is 5. The van der Waals surface area contributed by atoms with E-state index in [1.807, 2.05) is 44.2 Å². The van der Waals surface area contributed by atoms with Crippen molar-refractivity contribution < 1.29 is 19.4 Å². The highest BCUT2D eigenvalue weighted by atomic mass is 16.5. The van der Waals surface area contributed by atoms with Crippen molar-refractivity contribution in [3.63, 3.8) is 0 Å². The van der Waals surface area contributed by atoms with Crippen LogP contribution in [0, 0.1) is 6.92 Å². The summed E-state index contributed by atoms with van der Waals surface area (Å²) < 4.78 is 5.58. The van der Waals surface area contributed by atoms with Crippen LogP contribution in [0.5, 0.6) is 5.75 Å². The van der Waals surface area contributed by atoms with Crippen LogP contribution in [0.2, 0.25) is 0 Å². The van der Waals surface area contributed by atoms with Gasteiger partial charge in [0.1, 0.15) is 11.5 Å². The second kappa shape index (κ2) is 11.3. The van der Waals surface area contributed by atoms with Gasteiger partial charge in [0.15, 0.2) is 0 Å². The van der Waals surface area contributed by atoms with Gasteiger partial charge in [-0.3, -0.25) is 9.59 Å². The van der Waals surface area contributed by atoms with Gasteiger partial charge in [0.05, 0.1) is 18.2 Å². The Morgan fingerprint density at radius 2 is 1.67 bits per heavy atom. The zero-order chi connectivity index (χ0) is 26.6. The predicted molar refractivity (Wildman–Crippen MR) is 144 cm³/mol. The molecule has 0 aliphatic carbocycles. The van der Waals surface area contributed by atoms with Crippen molar-refractivity contribution in [1.82, 2.24) is 9.80 Å². The molecule has 1 amide bonds. The van der Waals surface area contributed by atoms with E-state index in [4.69, 9.17) is 4.74 Å². The van der Waals surface area contributed by atoms with Crippen LogP contribution >= 0.6 is 0 Å². The lowest BCUT2D eigenvalue weighted by Crippen LogP contribution is -2.38. The third-order valence-electron chi connectivity index (χ3n) is 6.95. The molecule has 6 heteroatoms. The monoisotopic (exact) mass is 492 g/mol. The molecule has 36 heavy (non-hydrogen) atoms. The normalized spacial score (nSPS) is 17.8. The molecular weight excluding hydrogens is 452 g/mol. The van der Waals surface area contributed by atoms with Crippen LogP contribution in [0.4, 0.5) is 0 Å². The molecule has 1 atom stereocenters. The summed E-state index contributed by atoms with van der Waals surface area (Å²) in [5, 5.41) is 11.4. The van der Waals surface area contributed by atoms with E-state index in [0.717, 1.165) is 29.8 Å². The number of rotatable bonds is 9. The summed E-state index contributed by atoms with van der Waals surface area (Å²) in [6.45, 7) is 17.7. The van der Waals surface area contributed by atoms with Crippen LogP contribution in [0.3, 0.4) is 0 Å². The maximum atomic E-state index is 13.4. The fourth-order valence-corrected chi connectivity index (χ4v) is 4.71. The standard InChI is InChI=1S/C30H40N2O4/c1-8-31(9-2)17-18-32-26(21-11-13-22(14-12-21)30(5,6)7)25(28(34)29(32)35)27(33)24-16-15-23(36-10-3)19-20(24)4/h11-16,19,26,33H,8-10,17-18H2,1-7H3. The molecule has 1 fully saturated rings. The van der Waals surface area contributed by atoms with Crippen LogP contribution in [-0.4, -0.2) is 59.4 Å². The summed E-state index contributed by atoms with van der Waals surface area (Å²) in [4.78, 5) is 30.5. The summed E-state index contributed by atoms with van der Waals surface area (Å²) in [7, 11) is 0. The van der Waals surface area contributed by atoms with E-state index < -0.39 is 17.7 Å². The fraction of sp³-hybridized carbons (Fsp3) is 0.467. The van der Waals surface area contributed by atoms with Crippen molar-refractivity contribution in [1.29, 1.82) is 0 Å². The Labute approximate surface area is 215 Å². The molecule has 6 nitrogen and oxygen atoms in total. The minimum atomic E-state index is -0.652. The number of aliphatic hydroxyl groups excluding tert-OH is 1. The number of ether oxygens (including phenoxy) is 1. The fourth-order valence-electron chi connectivity index (χ4n) is 4.71. The molecule has 0 bridgehead atoms. The molecule has 194 valence electrons. The average Bonchev–Trinajstić information content (AvgIpc) is 3.09. The number of carbonyl (C=O) groups is 2. The Morgan fingerprint density at radius 3 is 2.19 bits per heavy atom. The molecule has 0 spiro atoms. The second-order valence-corrected chi connectivity index (χ2v) is 10.3. The number of amides is 1. The van der Waals surface area contributed by atoms with Gasteiger partial charge in [0.2, 0.25) is 0 Å². The van der Waals surface area contributed by atoms with Gasteiger partial charge in [-0.2, -0.15) is 0 Å². The van der Waals surface area contributed by atoms with Crippen LogP contribution in [0.25, 0.3) is 5.76 Å². The molecule has 0 aromatic heterocycles. The van der Waals surface area contributed by atoms with E-state index in [-0.39, 0.29) is 16.7 Å². The molecule has 2 aromatic carbocycles. The third kappa shape index (κ3) is 5.65. The van der Waals surface area contributed by atoms with Crippen molar-refractivity contribution in [3.8, 4) is 5.75 Å². The minimum absolute atomic E-state index is 0.0253. The van der Waals surface area contributed by atoms with Gasteiger partial charge in [0.25, 0.3) is 11.7 Å². The number of benzene rings is 2. The highest BCUT2D eigenvalue weighted by Crippen LogP contribution is 2.40. The molecule has 0 saturated carbocycles. The van der Waals surface area contributed by atoms with Gasteiger partial charge < -0.3 is 19.6 Å². The first-order valence-electron chi connectivity index (χ1n) is 12.9. The Hall–Kier alpha value is -3.12. The van der Waals surface area contributed by atoms with E-state index in [0.29, 0.717) is 31.0 Å². The Balaban J connectivity index is 2.13. The maximum Gasteiger partial charge on any atom is 0.295 e. The third-order valence-corrected chi connectivity index (χ3v) is 6.95. The van der Waals surface area contributed by atoms with Gasteiger partial charge in [-0.15, -0.1) is 0 Å². The second-order valence-electron chi connectivity index (χ2n) is 10.3. The molecule has 1 unspecified atom stereocenters. The number of likely N-dealkylation sites (tertiary alicyclic amines) is 1. The molecule has 1 aliphatic rings. The van der Waals surface area contributed by atoms with Gasteiger partial charge in [-0.25, -0.2) is 0 Å². The Morgan fingerprint density at radius 1 is 1.03 bits per heavy atom. The largest absolute Gasteiger partial charge is 0.507 e. The number of ketones is 1. The predicted octanol–water partition coefficient (Wildman–Crippen LogP) is 5.45. The molecule has 2 aromatic rings. The van der Waals surface area contributed by atoms with Gasteiger partial charge in [-0.05, 0) is 67.2 Å². The van der Waals surface area contributed by atoms with E-state index in [1.165, 1.54) is 0 Å². The van der Waals surface area contributed by atoms with Crippen LogP contribution in [-0.2, 0) is 15.0 Å². The van der Waals surface area contributed by atoms with Crippen LogP contribution in [0.1, 0.15) is 69.8 Å². The zero-order valence-electron chi connectivity index (χ0n) is 22.7. The molecule has 1 heterocycles. The quantitative estimate of drug-likeness (QED) is 0.286. The summed E-state index contributed by atoms with van der Waals surface area (Å²) in [5.41, 5.74) is 3.38. The number of carbonyl (C=O) groups excluding carboxylic acids is 2. The SMILES string of the molecule is CCOc1ccc(C(O)=C2C(=O)C(=O)N(CCN(CC)CC)C2c2ccc(C(C)(C)C)cc2)c(C)c1. The highest BCUT2D eigenvalue weighted by Gasteiger charge is 2.46. The number of hydrogen-bond donors (Lipinski definition) is 1. The summed E-state index contributed by atoms with van der Waals surface area (Å²) in [5.74, 6) is -0.674. The topological polar surface area (TPSA) is 70.1 Å². The number of aryl methyl sites for hydroxylation is 1. The van der Waals surface area contributed by atoms with Crippen LogP contribution < -0.4 is 4.74 Å². The number of aliphatic hydroxyl groups is 1. The molecule has 1 N–H and O–H groups in total. The van der Waals surface area contributed by atoms with Crippen LogP contribution in [0.15, 0.2) is 48.0 Å². The molecule has 3 rings (SSSR count). The number of nitrogens with zero attached hydrogens (tertiary/aromatic N) is 2. The van der Waals surface area contributed by atoms with Gasteiger partial charge in [-0.1, -0.05) is 58.9 Å². The number of likely N-dealkylation sites (N-methyl/N-ethyl adjacent to an activating group) is 1. The van der Waals surface area contributed by atoms with Crippen molar-refractivity contribution in [2.24, 2.45) is 0 Å². The lowest BCUT2D eigenvalue weighted by atomic mass is 9.85. The Bertz CT molecular complexity index is 1120. The smallest absolute Gasteiger partial charge is 0.295 e. The van der Waals surface area contributed by atoms with Crippen molar-refractivity contribution in [2.75, 3.05) is 32.8 Å². The minimum Gasteiger partial charge on any atom is -0.507 e. The zero-order valence-corrected chi connectivity index (χ0v) is 22.7. The van der Waals surface area contributed by atoms with E-state index >= 15 is 0 Å². The Kier molecular flexibility index (Phi) is 8.62. The number of Topliss-reactive ketones (excluding diaryl/α,β-unsaturated/α-hetero) is 1. The highest BCUT2D eigenvalue weighted by molar-refractivity contribution is 6.46. The molecular formula is C30H40N2O4. The van der Waals surface area contributed by atoms with Gasteiger partial charge in [0, 0.05) is 18.7 Å². The van der Waals surface area contributed by atoms with E-state index in [1.54, 1.807) is 17.0 Å². The first-order valence-corrected chi connectivity index (χ1v) is 12.9. The summed E-state index contributed by atoms with van der Waals surface area (Å²) in [6, 6.07) is 12.7. The van der Waals surface area contributed by atoms with Crippen molar-refractivity contribution in [3.05, 3.63) is 70.3 Å². The molecule has 1 saturated heterocycles. The first-order chi connectivity index (χ1) is 17.0. The van der Waals surface area contributed by atoms with Crippen molar-refractivity contribution in [2.45, 2.75) is 59.9 Å². The van der Waals surface area contributed by atoms with Gasteiger partial charge >= 0.3 is 0 Å². The lowest BCUT2D eigenvalue weighted by Gasteiger charge is -2.29. The lowest BCUT2D eigenvalue weighted by molar-refractivity contribution is -0.140. The van der Waals surface area contributed by atoms with E-state index in [2.05, 4.69) is 39.5 Å². The van der Waals surface area contributed by atoms with Crippen molar-refractivity contribution >= 4 is 17.4 Å². The average molecular weight is 493 g/mol. The molecule has 0 radical (unpaired) electrons. The van der Waals surface area contributed by atoms with E-state index in [9.17, 15) is 14.7 Å².